The van der Waals surface area contributed by atoms with E-state index in [-0.39, 0.29) is 24.3 Å². The van der Waals surface area contributed by atoms with Crippen molar-refractivity contribution in [2.45, 2.75) is 45.9 Å². The number of hydrogen-bond acceptors (Lipinski definition) is 4. The van der Waals surface area contributed by atoms with Crippen LogP contribution in [0, 0.1) is 0 Å². The number of ether oxygens (including phenoxy) is 2. The molecule has 1 aromatic carbocycles. The fraction of sp³-hybridized carbons (Fsp3) is 0.500. The first-order valence-corrected chi connectivity index (χ1v) is 7.14. The third-order valence-electron chi connectivity index (χ3n) is 2.88. The Bertz CT molecular complexity index is 447. The monoisotopic (exact) mass is 293 g/mol. The van der Waals surface area contributed by atoms with E-state index in [0.717, 1.165) is 5.56 Å². The lowest BCUT2D eigenvalue weighted by Crippen LogP contribution is -2.41. The quantitative estimate of drug-likeness (QED) is 0.745. The van der Waals surface area contributed by atoms with Gasteiger partial charge in [0.05, 0.1) is 19.6 Å². The number of benzene rings is 1. The van der Waals surface area contributed by atoms with Crippen molar-refractivity contribution in [3.05, 3.63) is 35.9 Å². The molecule has 0 saturated heterocycles. The van der Waals surface area contributed by atoms with Gasteiger partial charge in [0.1, 0.15) is 6.10 Å². The van der Waals surface area contributed by atoms with Crippen molar-refractivity contribution in [2.75, 3.05) is 6.61 Å². The Labute approximate surface area is 125 Å². The number of carbonyl (C=O) groups excluding carboxylic acids is 2. The Balaban J connectivity index is 2.32. The van der Waals surface area contributed by atoms with Gasteiger partial charge in [0, 0.05) is 6.04 Å². The zero-order valence-electron chi connectivity index (χ0n) is 12.8. The summed E-state index contributed by atoms with van der Waals surface area (Å²) in [6.07, 6.45) is -0.416. The van der Waals surface area contributed by atoms with Gasteiger partial charge in [-0.25, -0.2) is 0 Å². The van der Waals surface area contributed by atoms with E-state index < -0.39 is 6.10 Å². The van der Waals surface area contributed by atoms with E-state index in [9.17, 15) is 9.59 Å². The van der Waals surface area contributed by atoms with Gasteiger partial charge in [0.15, 0.2) is 0 Å². The van der Waals surface area contributed by atoms with Gasteiger partial charge in [-0.05, 0) is 26.3 Å². The first-order chi connectivity index (χ1) is 10.0. The van der Waals surface area contributed by atoms with Crippen LogP contribution in [0.1, 0.15) is 32.8 Å². The van der Waals surface area contributed by atoms with E-state index in [1.54, 1.807) is 20.8 Å². The van der Waals surface area contributed by atoms with E-state index in [1.807, 2.05) is 30.3 Å². The molecule has 0 aliphatic carbocycles. The molecule has 0 heterocycles. The van der Waals surface area contributed by atoms with Crippen LogP contribution in [0.25, 0.3) is 0 Å². The zero-order valence-corrected chi connectivity index (χ0v) is 12.8. The number of nitrogens with one attached hydrogen (secondary N) is 1. The highest BCUT2D eigenvalue weighted by atomic mass is 16.5. The maximum atomic E-state index is 11.9. The summed E-state index contributed by atoms with van der Waals surface area (Å²) < 4.78 is 10.4. The third-order valence-corrected chi connectivity index (χ3v) is 2.88. The molecule has 2 atom stereocenters. The van der Waals surface area contributed by atoms with Gasteiger partial charge in [-0.15, -0.1) is 0 Å². The third kappa shape index (κ3) is 6.90. The lowest BCUT2D eigenvalue weighted by molar-refractivity contribution is -0.144. The maximum Gasteiger partial charge on any atom is 0.307 e. The van der Waals surface area contributed by atoms with Crippen LogP contribution in [-0.2, 0) is 25.7 Å². The molecule has 0 spiro atoms. The second kappa shape index (κ2) is 9.13. The Morgan fingerprint density at radius 3 is 2.48 bits per heavy atom. The van der Waals surface area contributed by atoms with E-state index in [4.69, 9.17) is 9.47 Å². The summed E-state index contributed by atoms with van der Waals surface area (Å²) in [4.78, 5) is 23.2. The summed E-state index contributed by atoms with van der Waals surface area (Å²) in [5.41, 5.74) is 1.01. The molecule has 21 heavy (non-hydrogen) atoms. The highest BCUT2D eigenvalue weighted by molar-refractivity contribution is 5.81. The minimum atomic E-state index is -0.574. The molecule has 0 aliphatic rings. The largest absolute Gasteiger partial charge is 0.466 e. The van der Waals surface area contributed by atoms with Crippen LogP contribution in [0.15, 0.2) is 30.3 Å². The maximum absolute atomic E-state index is 11.9. The molecule has 0 aliphatic heterocycles. The summed E-state index contributed by atoms with van der Waals surface area (Å²) in [6, 6.07) is 9.37. The Kier molecular flexibility index (Phi) is 7.46. The molecule has 0 radical (unpaired) electrons. The molecular weight excluding hydrogens is 270 g/mol. The van der Waals surface area contributed by atoms with Gasteiger partial charge >= 0.3 is 5.97 Å². The molecule has 0 saturated carbocycles. The first kappa shape index (κ1) is 17.2. The van der Waals surface area contributed by atoms with Gasteiger partial charge in [-0.2, -0.15) is 0 Å². The molecular formula is C16H23NO4. The van der Waals surface area contributed by atoms with E-state index >= 15 is 0 Å². The average molecular weight is 293 g/mol. The van der Waals surface area contributed by atoms with Crippen LogP contribution in [-0.4, -0.2) is 30.6 Å². The zero-order chi connectivity index (χ0) is 15.7. The van der Waals surface area contributed by atoms with Crippen LogP contribution < -0.4 is 5.32 Å². The average Bonchev–Trinajstić information content (AvgIpc) is 2.45. The lowest BCUT2D eigenvalue weighted by atomic mass is 10.2. The minimum absolute atomic E-state index is 0.158. The van der Waals surface area contributed by atoms with Crippen LogP contribution in [0.5, 0.6) is 0 Å². The van der Waals surface area contributed by atoms with Gasteiger partial charge in [0.2, 0.25) is 5.91 Å². The van der Waals surface area contributed by atoms with Crippen molar-refractivity contribution < 1.29 is 19.1 Å². The lowest BCUT2D eigenvalue weighted by Gasteiger charge is -2.17. The second-order valence-corrected chi connectivity index (χ2v) is 4.86. The van der Waals surface area contributed by atoms with Gasteiger partial charge in [0.25, 0.3) is 0 Å². The molecule has 116 valence electrons. The minimum Gasteiger partial charge on any atom is -0.466 e. The van der Waals surface area contributed by atoms with Crippen molar-refractivity contribution in [3.63, 3.8) is 0 Å². The fourth-order valence-electron chi connectivity index (χ4n) is 1.75. The van der Waals surface area contributed by atoms with Crippen molar-refractivity contribution >= 4 is 11.9 Å². The molecule has 5 nitrogen and oxygen atoms in total. The summed E-state index contributed by atoms with van der Waals surface area (Å²) in [5.74, 6) is -0.550. The summed E-state index contributed by atoms with van der Waals surface area (Å²) >= 11 is 0. The predicted octanol–water partition coefficient (Wildman–Crippen LogP) is 2.05. The number of esters is 1. The molecule has 0 bridgehead atoms. The highest BCUT2D eigenvalue weighted by Crippen LogP contribution is 2.04. The Morgan fingerprint density at radius 1 is 1.19 bits per heavy atom. The van der Waals surface area contributed by atoms with Crippen LogP contribution in [0.2, 0.25) is 0 Å². The van der Waals surface area contributed by atoms with Gasteiger partial charge in [-0.3, -0.25) is 9.59 Å². The predicted molar refractivity (Wildman–Crippen MR) is 79.5 cm³/mol. The summed E-state index contributed by atoms with van der Waals surface area (Å²) in [6.45, 7) is 5.92. The highest BCUT2D eigenvalue weighted by Gasteiger charge is 2.18. The van der Waals surface area contributed by atoms with Crippen molar-refractivity contribution in [1.29, 1.82) is 0 Å². The Hall–Kier alpha value is -1.88. The van der Waals surface area contributed by atoms with Crippen LogP contribution >= 0.6 is 0 Å². The van der Waals surface area contributed by atoms with Crippen LogP contribution in [0.4, 0.5) is 0 Å². The summed E-state index contributed by atoms with van der Waals surface area (Å²) in [7, 11) is 0. The number of rotatable bonds is 8. The molecule has 1 aromatic rings. The number of hydrogen-bond donors (Lipinski definition) is 1. The molecule has 1 rings (SSSR count). The van der Waals surface area contributed by atoms with Crippen molar-refractivity contribution in [3.8, 4) is 0 Å². The molecule has 5 heteroatoms. The smallest absolute Gasteiger partial charge is 0.307 e. The Morgan fingerprint density at radius 2 is 1.86 bits per heavy atom. The first-order valence-electron chi connectivity index (χ1n) is 7.14. The van der Waals surface area contributed by atoms with Crippen LogP contribution in [0.3, 0.4) is 0 Å². The summed E-state index contributed by atoms with van der Waals surface area (Å²) in [5, 5.41) is 2.74. The number of amides is 1. The molecule has 1 N–H and O–H groups in total. The molecule has 0 fully saturated rings. The molecule has 0 aromatic heterocycles. The topological polar surface area (TPSA) is 64.6 Å². The SMILES string of the molecule is CCOC(=O)C[C@@H](C)NC(=O)[C@H](C)OCc1ccccc1. The number of carbonyl (C=O) groups is 2. The second-order valence-electron chi connectivity index (χ2n) is 4.86. The van der Waals surface area contributed by atoms with Gasteiger partial charge in [-0.1, -0.05) is 30.3 Å². The van der Waals surface area contributed by atoms with E-state index in [2.05, 4.69) is 5.32 Å². The van der Waals surface area contributed by atoms with E-state index in [0.29, 0.717) is 13.2 Å². The van der Waals surface area contributed by atoms with Crippen molar-refractivity contribution in [1.82, 2.24) is 5.32 Å². The molecule has 0 unspecified atom stereocenters. The standard InChI is InChI=1S/C16H23NO4/c1-4-20-15(18)10-12(2)17-16(19)13(3)21-11-14-8-6-5-7-9-14/h5-9,12-13H,4,10-11H2,1-3H3,(H,17,19)/t12-,13+/m1/s1. The molecule has 1 amide bonds. The van der Waals surface area contributed by atoms with E-state index in [1.165, 1.54) is 0 Å². The van der Waals surface area contributed by atoms with Gasteiger partial charge < -0.3 is 14.8 Å². The normalized spacial score (nSPS) is 13.3. The fourth-order valence-corrected chi connectivity index (χ4v) is 1.75. The van der Waals surface area contributed by atoms with Crippen molar-refractivity contribution in [2.24, 2.45) is 0 Å².